The molecule has 2 aromatic carbocycles. The highest BCUT2D eigenvalue weighted by molar-refractivity contribution is 6.00. The first kappa shape index (κ1) is 29.3. The average Bonchev–Trinajstić information content (AvgIpc) is 2.93. The second-order valence-corrected chi connectivity index (χ2v) is 9.33. The van der Waals surface area contributed by atoms with Gasteiger partial charge in [-0.2, -0.15) is 13.2 Å². The maximum absolute atomic E-state index is 13.3. The number of carbonyl (C=O) groups is 1. The Morgan fingerprint density at radius 3 is 2.49 bits per heavy atom. The zero-order chi connectivity index (χ0) is 29.4. The van der Waals surface area contributed by atoms with Gasteiger partial charge in [0.1, 0.15) is 17.8 Å². The van der Waals surface area contributed by atoms with Gasteiger partial charge in [0.05, 0.1) is 29.1 Å². The van der Waals surface area contributed by atoms with Crippen LogP contribution in [0.5, 0.6) is 17.4 Å². The van der Waals surface area contributed by atoms with Crippen molar-refractivity contribution in [2.75, 3.05) is 37.9 Å². The number of anilines is 2. The Hall–Kier alpha value is -4.71. The molecule has 2 heterocycles. The highest BCUT2D eigenvalue weighted by Crippen LogP contribution is 2.36. The number of carbonyl (C=O) groups excluding carboxylic acids is 1. The lowest BCUT2D eigenvalue weighted by atomic mass is 10.1. The lowest BCUT2D eigenvalue weighted by Gasteiger charge is -2.17. The van der Waals surface area contributed by atoms with E-state index in [0.29, 0.717) is 40.6 Å². The highest BCUT2D eigenvalue weighted by Gasteiger charge is 2.31. The van der Waals surface area contributed by atoms with E-state index in [4.69, 9.17) is 9.47 Å². The molecule has 4 aromatic rings. The number of hydrogen-bond acceptors (Lipinski definition) is 7. The van der Waals surface area contributed by atoms with Gasteiger partial charge in [-0.25, -0.2) is 19.7 Å². The third kappa shape index (κ3) is 8.15. The number of pyridine rings is 1. The fourth-order valence-corrected chi connectivity index (χ4v) is 3.84. The van der Waals surface area contributed by atoms with Crippen LogP contribution in [0.2, 0.25) is 0 Å². The van der Waals surface area contributed by atoms with Crippen LogP contribution in [0.4, 0.5) is 29.3 Å². The normalized spacial score (nSPS) is 11.3. The van der Waals surface area contributed by atoms with E-state index < -0.39 is 17.8 Å². The summed E-state index contributed by atoms with van der Waals surface area (Å²) in [5, 5.41) is 5.13. The predicted octanol–water partition coefficient (Wildman–Crippen LogP) is 6.63. The number of aryl methyl sites for hydroxylation is 1. The minimum Gasteiger partial charge on any atom is -0.491 e. The van der Waals surface area contributed by atoms with Crippen molar-refractivity contribution in [1.29, 1.82) is 0 Å². The van der Waals surface area contributed by atoms with Gasteiger partial charge in [-0.05, 0) is 87.6 Å². The molecular weight excluding hydrogens is 537 g/mol. The van der Waals surface area contributed by atoms with E-state index in [9.17, 15) is 18.0 Å². The maximum Gasteiger partial charge on any atom is 0.416 e. The van der Waals surface area contributed by atoms with Crippen LogP contribution in [0.25, 0.3) is 11.3 Å². The number of amides is 2. The van der Waals surface area contributed by atoms with E-state index in [1.165, 1.54) is 12.4 Å². The number of urea groups is 1. The van der Waals surface area contributed by atoms with Gasteiger partial charge < -0.3 is 25.0 Å². The number of nitrogens with zero attached hydrogens (tertiary/aromatic N) is 4. The first-order chi connectivity index (χ1) is 19.6. The maximum atomic E-state index is 13.3. The molecule has 2 aromatic heterocycles. The molecular formula is C29H29F3N6O3. The van der Waals surface area contributed by atoms with E-state index in [0.717, 1.165) is 18.7 Å². The minimum absolute atomic E-state index is 0.0914. The molecule has 0 fully saturated rings. The summed E-state index contributed by atoms with van der Waals surface area (Å²) in [6.45, 7) is 2.80. The largest absolute Gasteiger partial charge is 0.491 e. The second kappa shape index (κ2) is 13.1. The van der Waals surface area contributed by atoms with Gasteiger partial charge in [-0.1, -0.05) is 0 Å². The first-order valence-corrected chi connectivity index (χ1v) is 12.7. The quantitative estimate of drug-likeness (QED) is 0.208. The molecule has 41 heavy (non-hydrogen) atoms. The van der Waals surface area contributed by atoms with E-state index >= 15 is 0 Å². The smallest absolute Gasteiger partial charge is 0.416 e. The van der Waals surface area contributed by atoms with Crippen molar-refractivity contribution in [3.8, 4) is 28.6 Å². The molecule has 0 radical (unpaired) electrons. The molecule has 0 aliphatic rings. The van der Waals surface area contributed by atoms with Crippen LogP contribution in [0, 0.1) is 6.92 Å². The molecule has 0 spiro atoms. The van der Waals surface area contributed by atoms with Crippen LogP contribution < -0.4 is 20.1 Å². The number of alkyl halides is 3. The van der Waals surface area contributed by atoms with Gasteiger partial charge in [-0.3, -0.25) is 0 Å². The zero-order valence-electron chi connectivity index (χ0n) is 22.7. The summed E-state index contributed by atoms with van der Waals surface area (Å²) in [7, 11) is 3.82. The van der Waals surface area contributed by atoms with Crippen molar-refractivity contribution in [1.82, 2.24) is 19.9 Å². The number of halogens is 3. The third-order valence-corrected chi connectivity index (χ3v) is 5.83. The predicted molar refractivity (Wildman–Crippen MR) is 149 cm³/mol. The standard InChI is InChI=1S/C29H29F3N6O3/c1-19-16-21(8-10-25(19)41-27-22(6-4-12-34-27)23-11-13-33-18-35-23)36-28(39)37-24-17-20(29(30,31)32)7-9-26(24)40-15-5-14-38(2)3/h4,6-13,16-18H,5,14-15H2,1-3H3,(H2,36,37,39). The van der Waals surface area contributed by atoms with E-state index in [-0.39, 0.29) is 18.0 Å². The lowest BCUT2D eigenvalue weighted by Crippen LogP contribution is -2.21. The summed E-state index contributed by atoms with van der Waals surface area (Å²) in [4.78, 5) is 27.2. The van der Waals surface area contributed by atoms with Crippen molar-refractivity contribution in [2.24, 2.45) is 0 Å². The van der Waals surface area contributed by atoms with Crippen LogP contribution in [-0.2, 0) is 6.18 Å². The molecule has 4 rings (SSSR count). The molecule has 0 saturated carbocycles. The molecule has 2 N–H and O–H groups in total. The van der Waals surface area contributed by atoms with E-state index in [2.05, 4.69) is 25.6 Å². The molecule has 0 unspecified atom stereocenters. The summed E-state index contributed by atoms with van der Waals surface area (Å²) < 4.78 is 51.7. The van der Waals surface area contributed by atoms with Crippen LogP contribution in [0.15, 0.2) is 73.3 Å². The van der Waals surface area contributed by atoms with Gasteiger partial charge in [0, 0.05) is 24.6 Å². The molecule has 0 atom stereocenters. The highest BCUT2D eigenvalue weighted by atomic mass is 19.4. The third-order valence-electron chi connectivity index (χ3n) is 5.83. The molecule has 0 bridgehead atoms. The Labute approximate surface area is 235 Å². The van der Waals surface area contributed by atoms with Crippen LogP contribution in [0.1, 0.15) is 17.5 Å². The molecule has 0 saturated heterocycles. The van der Waals surface area contributed by atoms with Gasteiger partial charge in [-0.15, -0.1) is 0 Å². The van der Waals surface area contributed by atoms with Crippen LogP contribution >= 0.6 is 0 Å². The Morgan fingerprint density at radius 2 is 1.78 bits per heavy atom. The summed E-state index contributed by atoms with van der Waals surface area (Å²) in [5.74, 6) is 0.980. The molecule has 214 valence electrons. The Morgan fingerprint density at radius 1 is 0.976 bits per heavy atom. The summed E-state index contributed by atoms with van der Waals surface area (Å²) >= 11 is 0. The van der Waals surface area contributed by atoms with Crippen molar-refractivity contribution in [3.05, 3.63) is 84.4 Å². The summed E-state index contributed by atoms with van der Waals surface area (Å²) in [6.07, 6.45) is 0.734. The second-order valence-electron chi connectivity index (χ2n) is 9.33. The number of ether oxygens (including phenoxy) is 2. The molecule has 0 aliphatic carbocycles. The van der Waals surface area contributed by atoms with Crippen molar-refractivity contribution in [2.45, 2.75) is 19.5 Å². The topological polar surface area (TPSA) is 102 Å². The van der Waals surface area contributed by atoms with Gasteiger partial charge >= 0.3 is 12.2 Å². The van der Waals surface area contributed by atoms with Crippen molar-refractivity contribution >= 4 is 17.4 Å². The fraction of sp³-hybridized carbons (Fsp3) is 0.241. The molecule has 9 nitrogen and oxygen atoms in total. The number of benzene rings is 2. The number of hydrogen-bond donors (Lipinski definition) is 2. The van der Waals surface area contributed by atoms with Gasteiger partial charge in [0.15, 0.2) is 0 Å². The van der Waals surface area contributed by atoms with Crippen LogP contribution in [0.3, 0.4) is 0 Å². The summed E-state index contributed by atoms with van der Waals surface area (Å²) in [5.41, 5.74) is 1.42. The molecule has 12 heteroatoms. The van der Waals surface area contributed by atoms with Gasteiger partial charge in [0.25, 0.3) is 0 Å². The SMILES string of the molecule is Cc1cc(NC(=O)Nc2cc(C(F)(F)F)ccc2OCCCN(C)C)ccc1Oc1ncccc1-c1ccncn1. The van der Waals surface area contributed by atoms with E-state index in [1.807, 2.05) is 25.1 Å². The first-order valence-electron chi connectivity index (χ1n) is 12.7. The zero-order valence-corrected chi connectivity index (χ0v) is 22.7. The minimum atomic E-state index is -4.58. The Balaban J connectivity index is 1.46. The molecule has 0 aliphatic heterocycles. The number of rotatable bonds is 10. The van der Waals surface area contributed by atoms with E-state index in [1.54, 1.807) is 49.6 Å². The Bertz CT molecular complexity index is 1480. The lowest BCUT2D eigenvalue weighted by molar-refractivity contribution is -0.137. The Kier molecular flexibility index (Phi) is 9.35. The van der Waals surface area contributed by atoms with Crippen LogP contribution in [-0.4, -0.2) is 53.1 Å². The monoisotopic (exact) mass is 566 g/mol. The van der Waals surface area contributed by atoms with Crippen molar-refractivity contribution < 1.29 is 27.4 Å². The fourth-order valence-electron chi connectivity index (χ4n) is 3.84. The number of aromatic nitrogens is 3. The number of nitrogens with one attached hydrogen (secondary N) is 2. The summed E-state index contributed by atoms with van der Waals surface area (Å²) in [6, 6.07) is 12.5. The van der Waals surface area contributed by atoms with Crippen molar-refractivity contribution in [3.63, 3.8) is 0 Å². The molecule has 2 amide bonds. The average molecular weight is 567 g/mol. The van der Waals surface area contributed by atoms with Gasteiger partial charge in [0.2, 0.25) is 5.88 Å².